The molecule has 1 atom stereocenters. The molecule has 1 aromatic carbocycles. The third-order valence-corrected chi connectivity index (χ3v) is 2.90. The molecule has 0 saturated carbocycles. The van der Waals surface area contributed by atoms with E-state index in [1.54, 1.807) is 0 Å². The van der Waals surface area contributed by atoms with E-state index in [9.17, 15) is 4.79 Å². The summed E-state index contributed by atoms with van der Waals surface area (Å²) >= 11 is 0. The first-order chi connectivity index (χ1) is 8.59. The molecular formula is C15H20O3. The highest BCUT2D eigenvalue weighted by molar-refractivity contribution is 5.81. The fraction of sp³-hybridized carbons (Fsp3) is 0.400. The van der Waals surface area contributed by atoms with Crippen molar-refractivity contribution in [2.24, 2.45) is 0 Å². The Morgan fingerprint density at radius 2 is 2.06 bits per heavy atom. The fourth-order valence-corrected chi connectivity index (χ4v) is 1.50. The van der Waals surface area contributed by atoms with E-state index in [0.29, 0.717) is 13.0 Å². The van der Waals surface area contributed by atoms with E-state index < -0.39 is 5.97 Å². The van der Waals surface area contributed by atoms with Crippen LogP contribution in [0.3, 0.4) is 0 Å². The predicted octanol–water partition coefficient (Wildman–Crippen LogP) is 3.35. The normalized spacial score (nSPS) is 13.4. The number of carbonyl (C=O) groups excluding carboxylic acids is 1. The molecule has 1 aromatic rings. The average Bonchev–Trinajstić information content (AvgIpc) is 2.39. The van der Waals surface area contributed by atoms with Crippen molar-refractivity contribution < 1.29 is 14.3 Å². The predicted molar refractivity (Wildman–Crippen MR) is 71.5 cm³/mol. The molecule has 98 valence electrons. The summed E-state index contributed by atoms with van der Waals surface area (Å²) in [6.07, 6.45) is 2.66. The Balaban J connectivity index is 2.51. The maximum Gasteiger partial charge on any atom is 0.330 e. The van der Waals surface area contributed by atoms with E-state index >= 15 is 0 Å². The summed E-state index contributed by atoms with van der Waals surface area (Å²) in [5.41, 5.74) is -0.331. The molecule has 0 aliphatic carbocycles. The first-order valence-electron chi connectivity index (χ1n) is 6.13. The van der Waals surface area contributed by atoms with Gasteiger partial charge in [0.1, 0.15) is 11.4 Å². The molecule has 3 heteroatoms. The molecule has 0 bridgehead atoms. The van der Waals surface area contributed by atoms with Crippen molar-refractivity contribution in [2.45, 2.75) is 32.3 Å². The Labute approximate surface area is 108 Å². The number of rotatable bonds is 7. The number of carbonyl (C=O) groups is 1. The Morgan fingerprint density at radius 3 is 2.61 bits per heavy atom. The lowest BCUT2D eigenvalue weighted by Crippen LogP contribution is -2.33. The van der Waals surface area contributed by atoms with Crippen molar-refractivity contribution in [3.63, 3.8) is 0 Å². The highest BCUT2D eigenvalue weighted by atomic mass is 16.5. The summed E-state index contributed by atoms with van der Waals surface area (Å²) < 4.78 is 10.9. The summed E-state index contributed by atoms with van der Waals surface area (Å²) in [5.74, 6) is 0.435. The number of ether oxygens (including phenoxy) is 2. The number of para-hydroxylation sites is 1. The van der Waals surface area contributed by atoms with E-state index in [-0.39, 0.29) is 5.60 Å². The molecule has 3 nitrogen and oxygen atoms in total. The van der Waals surface area contributed by atoms with Crippen molar-refractivity contribution in [3.05, 3.63) is 43.0 Å². The highest BCUT2D eigenvalue weighted by Crippen LogP contribution is 2.24. The first kappa shape index (κ1) is 14.3. The molecule has 0 amide bonds. The molecule has 0 aromatic heterocycles. The molecule has 0 spiro atoms. The second kappa shape index (κ2) is 6.84. The van der Waals surface area contributed by atoms with Gasteiger partial charge in [-0.25, -0.2) is 4.79 Å². The molecular weight excluding hydrogens is 228 g/mol. The van der Waals surface area contributed by atoms with Gasteiger partial charge in [-0.3, -0.25) is 0 Å². The van der Waals surface area contributed by atoms with Crippen molar-refractivity contribution in [1.82, 2.24) is 0 Å². The maximum atomic E-state index is 11.0. The summed E-state index contributed by atoms with van der Waals surface area (Å²) in [4.78, 5) is 11.0. The molecule has 18 heavy (non-hydrogen) atoms. The van der Waals surface area contributed by atoms with Crippen LogP contribution in [0.15, 0.2) is 43.0 Å². The first-order valence-corrected chi connectivity index (χ1v) is 6.13. The van der Waals surface area contributed by atoms with Crippen LogP contribution in [0.5, 0.6) is 5.75 Å². The minimum absolute atomic E-state index is 0.331. The van der Waals surface area contributed by atoms with Gasteiger partial charge in [-0.15, -0.1) is 0 Å². The van der Waals surface area contributed by atoms with E-state index in [1.165, 1.54) is 6.08 Å². The zero-order valence-corrected chi connectivity index (χ0v) is 11.0. The second-order valence-electron chi connectivity index (χ2n) is 4.34. The van der Waals surface area contributed by atoms with Crippen LogP contribution in [0.1, 0.15) is 26.7 Å². The number of benzene rings is 1. The van der Waals surface area contributed by atoms with Gasteiger partial charge in [0.2, 0.25) is 0 Å². The van der Waals surface area contributed by atoms with Crippen LogP contribution in [-0.2, 0) is 9.53 Å². The Kier molecular flexibility index (Phi) is 5.43. The fourth-order valence-electron chi connectivity index (χ4n) is 1.50. The number of hydrogen-bond donors (Lipinski definition) is 0. The molecule has 0 saturated heterocycles. The van der Waals surface area contributed by atoms with Crippen LogP contribution in [0, 0.1) is 0 Å². The Morgan fingerprint density at radius 1 is 1.39 bits per heavy atom. The summed E-state index contributed by atoms with van der Waals surface area (Å²) in [6.45, 7) is 7.76. The van der Waals surface area contributed by atoms with E-state index in [1.807, 2.05) is 37.3 Å². The average molecular weight is 248 g/mol. The lowest BCUT2D eigenvalue weighted by atomic mass is 9.99. The van der Waals surface area contributed by atoms with Crippen LogP contribution in [0.4, 0.5) is 0 Å². The molecule has 0 aliphatic heterocycles. The summed E-state index contributed by atoms with van der Waals surface area (Å²) in [5, 5.41) is 0. The third kappa shape index (κ3) is 4.62. The lowest BCUT2D eigenvalue weighted by molar-refractivity contribution is -0.138. The van der Waals surface area contributed by atoms with Gasteiger partial charge in [0.05, 0.1) is 6.61 Å². The van der Waals surface area contributed by atoms with Crippen molar-refractivity contribution in [1.29, 1.82) is 0 Å². The van der Waals surface area contributed by atoms with Crippen LogP contribution in [0.2, 0.25) is 0 Å². The third-order valence-electron chi connectivity index (χ3n) is 2.90. The van der Waals surface area contributed by atoms with Gasteiger partial charge < -0.3 is 9.47 Å². The molecule has 0 fully saturated rings. The quantitative estimate of drug-likeness (QED) is 0.548. The van der Waals surface area contributed by atoms with Crippen LogP contribution < -0.4 is 4.74 Å². The number of esters is 1. The van der Waals surface area contributed by atoms with Crippen molar-refractivity contribution in [2.75, 3.05) is 6.61 Å². The summed E-state index contributed by atoms with van der Waals surface area (Å²) in [7, 11) is 0. The molecule has 0 heterocycles. The maximum absolute atomic E-state index is 11.0. The van der Waals surface area contributed by atoms with Gasteiger partial charge in [0.25, 0.3) is 0 Å². The molecule has 1 unspecified atom stereocenters. The second-order valence-corrected chi connectivity index (χ2v) is 4.34. The van der Waals surface area contributed by atoms with E-state index in [2.05, 4.69) is 13.5 Å². The van der Waals surface area contributed by atoms with E-state index in [0.717, 1.165) is 12.2 Å². The Bertz CT molecular complexity index is 386. The van der Waals surface area contributed by atoms with Gasteiger partial charge in [-0.1, -0.05) is 31.7 Å². The monoisotopic (exact) mass is 248 g/mol. The molecule has 0 radical (unpaired) electrons. The highest BCUT2D eigenvalue weighted by Gasteiger charge is 2.24. The van der Waals surface area contributed by atoms with E-state index in [4.69, 9.17) is 9.47 Å². The SMILES string of the molecule is C=CC(=O)OCCC(C)(CC)Oc1ccccc1. The van der Waals surface area contributed by atoms with Gasteiger partial charge in [-0.05, 0) is 25.5 Å². The summed E-state index contributed by atoms with van der Waals surface area (Å²) in [6, 6.07) is 9.65. The zero-order chi connectivity index (χ0) is 13.4. The Hall–Kier alpha value is -1.77. The van der Waals surface area contributed by atoms with Gasteiger partial charge >= 0.3 is 5.97 Å². The molecule has 0 aliphatic rings. The largest absolute Gasteiger partial charge is 0.487 e. The van der Waals surface area contributed by atoms with Crippen LogP contribution in [-0.4, -0.2) is 18.2 Å². The van der Waals surface area contributed by atoms with Crippen molar-refractivity contribution in [3.8, 4) is 5.75 Å². The zero-order valence-electron chi connectivity index (χ0n) is 11.0. The van der Waals surface area contributed by atoms with Gasteiger partial charge in [0, 0.05) is 12.5 Å². The minimum atomic E-state index is -0.395. The molecule has 1 rings (SSSR count). The molecule has 0 N–H and O–H groups in total. The lowest BCUT2D eigenvalue weighted by Gasteiger charge is -2.29. The minimum Gasteiger partial charge on any atom is -0.487 e. The van der Waals surface area contributed by atoms with Gasteiger partial charge in [0.15, 0.2) is 0 Å². The van der Waals surface area contributed by atoms with Crippen LogP contribution in [0.25, 0.3) is 0 Å². The van der Waals surface area contributed by atoms with Crippen molar-refractivity contribution >= 4 is 5.97 Å². The van der Waals surface area contributed by atoms with Gasteiger partial charge in [-0.2, -0.15) is 0 Å². The standard InChI is InChI=1S/C15H20O3/c1-4-14(16)17-12-11-15(3,5-2)18-13-9-7-6-8-10-13/h4,6-10H,1,5,11-12H2,2-3H3. The van der Waals surface area contributed by atoms with Crippen LogP contribution >= 0.6 is 0 Å². The number of hydrogen-bond acceptors (Lipinski definition) is 3. The smallest absolute Gasteiger partial charge is 0.330 e. The topological polar surface area (TPSA) is 35.5 Å².